The van der Waals surface area contributed by atoms with E-state index in [1.165, 1.54) is 0 Å². The smallest absolute Gasteiger partial charge is 0.233 e. The predicted molar refractivity (Wildman–Crippen MR) is 151 cm³/mol. The molecule has 12 nitrogen and oxygen atoms in total. The van der Waals surface area contributed by atoms with Gasteiger partial charge in [-0.2, -0.15) is 15.0 Å². The zero-order chi connectivity index (χ0) is 28.2. The SMILES string of the molecule is CCOc1cc(Nc2nc(N)nc(Nc3cc(OCC)c(OCC)c(OCC)c3)n2)cc(OCC)c1OCC. The van der Waals surface area contributed by atoms with E-state index < -0.39 is 0 Å². The highest BCUT2D eigenvalue weighted by Gasteiger charge is 2.18. The zero-order valence-corrected chi connectivity index (χ0v) is 23.4. The molecule has 212 valence electrons. The lowest BCUT2D eigenvalue weighted by molar-refractivity contribution is 0.261. The summed E-state index contributed by atoms with van der Waals surface area (Å²) in [5, 5.41) is 6.32. The van der Waals surface area contributed by atoms with Gasteiger partial charge in [-0.25, -0.2) is 0 Å². The monoisotopic (exact) mass is 542 g/mol. The molecule has 0 radical (unpaired) electrons. The van der Waals surface area contributed by atoms with Crippen LogP contribution < -0.4 is 44.8 Å². The van der Waals surface area contributed by atoms with Gasteiger partial charge >= 0.3 is 0 Å². The number of nitrogens with one attached hydrogen (secondary N) is 2. The molecule has 2 aromatic carbocycles. The maximum absolute atomic E-state index is 6.02. The summed E-state index contributed by atoms with van der Waals surface area (Å²) >= 11 is 0. The minimum Gasteiger partial charge on any atom is -0.490 e. The quantitative estimate of drug-likeness (QED) is 0.215. The second kappa shape index (κ2) is 14.6. The van der Waals surface area contributed by atoms with Gasteiger partial charge in [0, 0.05) is 35.6 Å². The highest BCUT2D eigenvalue weighted by Crippen LogP contribution is 2.42. The fraction of sp³-hybridized carbons (Fsp3) is 0.444. The van der Waals surface area contributed by atoms with Crippen molar-refractivity contribution in [2.75, 3.05) is 56.0 Å². The molecule has 4 N–H and O–H groups in total. The number of anilines is 5. The van der Waals surface area contributed by atoms with E-state index in [1.54, 1.807) is 24.3 Å². The van der Waals surface area contributed by atoms with Crippen LogP contribution in [0, 0.1) is 0 Å². The number of hydrogen-bond donors (Lipinski definition) is 3. The van der Waals surface area contributed by atoms with Gasteiger partial charge in [-0.1, -0.05) is 0 Å². The van der Waals surface area contributed by atoms with Crippen molar-refractivity contribution < 1.29 is 28.4 Å². The van der Waals surface area contributed by atoms with Gasteiger partial charge in [0.05, 0.1) is 39.6 Å². The summed E-state index contributed by atoms with van der Waals surface area (Å²) in [4.78, 5) is 13.0. The normalized spacial score (nSPS) is 10.5. The molecular formula is C27H38N6O6. The number of nitrogens with zero attached hydrogens (tertiary/aromatic N) is 3. The van der Waals surface area contributed by atoms with Crippen LogP contribution in [0.3, 0.4) is 0 Å². The Morgan fingerprint density at radius 3 is 1.10 bits per heavy atom. The third kappa shape index (κ3) is 7.82. The van der Waals surface area contributed by atoms with E-state index in [0.717, 1.165) is 0 Å². The molecule has 39 heavy (non-hydrogen) atoms. The van der Waals surface area contributed by atoms with Crippen molar-refractivity contribution in [3.05, 3.63) is 24.3 Å². The van der Waals surface area contributed by atoms with Crippen molar-refractivity contribution in [3.63, 3.8) is 0 Å². The third-order valence-corrected chi connectivity index (χ3v) is 4.98. The van der Waals surface area contributed by atoms with Crippen LogP contribution in [0.1, 0.15) is 41.5 Å². The molecule has 12 heteroatoms. The van der Waals surface area contributed by atoms with Gasteiger partial charge in [0.2, 0.25) is 29.3 Å². The molecule has 3 aromatic rings. The Morgan fingerprint density at radius 1 is 0.513 bits per heavy atom. The van der Waals surface area contributed by atoms with Gasteiger partial charge in [0.25, 0.3) is 0 Å². The summed E-state index contributed by atoms with van der Waals surface area (Å²) in [6.07, 6.45) is 0. The number of rotatable bonds is 16. The van der Waals surface area contributed by atoms with Crippen LogP contribution in [0.4, 0.5) is 29.2 Å². The van der Waals surface area contributed by atoms with Gasteiger partial charge in [-0.15, -0.1) is 0 Å². The Hall–Kier alpha value is -4.35. The summed E-state index contributed by atoms with van der Waals surface area (Å²) in [6.45, 7) is 14.2. The number of nitrogen functional groups attached to an aromatic ring is 1. The highest BCUT2D eigenvalue weighted by molar-refractivity contribution is 5.68. The number of nitrogens with two attached hydrogens (primary N) is 1. The van der Waals surface area contributed by atoms with Gasteiger partial charge < -0.3 is 44.8 Å². The maximum atomic E-state index is 6.02. The molecule has 0 fully saturated rings. The van der Waals surface area contributed by atoms with E-state index in [0.29, 0.717) is 85.5 Å². The average molecular weight is 543 g/mol. The largest absolute Gasteiger partial charge is 0.490 e. The molecule has 0 aliphatic rings. The van der Waals surface area contributed by atoms with Crippen LogP contribution >= 0.6 is 0 Å². The van der Waals surface area contributed by atoms with E-state index >= 15 is 0 Å². The van der Waals surface area contributed by atoms with Crippen LogP contribution in [0.15, 0.2) is 24.3 Å². The Morgan fingerprint density at radius 2 is 0.821 bits per heavy atom. The summed E-state index contributed by atoms with van der Waals surface area (Å²) < 4.78 is 34.8. The van der Waals surface area contributed by atoms with Crippen molar-refractivity contribution in [1.82, 2.24) is 15.0 Å². The van der Waals surface area contributed by atoms with Crippen molar-refractivity contribution in [2.24, 2.45) is 0 Å². The van der Waals surface area contributed by atoms with Gasteiger partial charge in [0.1, 0.15) is 0 Å². The van der Waals surface area contributed by atoms with Crippen LogP contribution in [0.25, 0.3) is 0 Å². The Balaban J connectivity index is 1.95. The first-order valence-corrected chi connectivity index (χ1v) is 13.1. The molecule has 0 amide bonds. The lowest BCUT2D eigenvalue weighted by Gasteiger charge is -2.18. The molecule has 0 spiro atoms. The van der Waals surface area contributed by atoms with Crippen molar-refractivity contribution >= 4 is 29.2 Å². The molecule has 0 saturated carbocycles. The van der Waals surface area contributed by atoms with Crippen LogP contribution in [0.5, 0.6) is 34.5 Å². The Kier molecular flexibility index (Phi) is 10.9. The Bertz CT molecular complexity index is 1080. The number of hydrogen-bond acceptors (Lipinski definition) is 12. The number of benzene rings is 2. The molecule has 0 aliphatic carbocycles. The number of aromatic nitrogens is 3. The van der Waals surface area contributed by atoms with Gasteiger partial charge in [0.15, 0.2) is 23.0 Å². The molecule has 0 bridgehead atoms. The summed E-state index contributed by atoms with van der Waals surface area (Å²) in [5.74, 6) is 3.69. The number of ether oxygens (including phenoxy) is 6. The predicted octanol–water partition coefficient (Wildman–Crippen LogP) is 5.33. The summed E-state index contributed by atoms with van der Waals surface area (Å²) in [5.41, 5.74) is 7.27. The van der Waals surface area contributed by atoms with Crippen LogP contribution in [0.2, 0.25) is 0 Å². The second-order valence-electron chi connectivity index (χ2n) is 7.79. The molecule has 0 saturated heterocycles. The van der Waals surface area contributed by atoms with E-state index in [-0.39, 0.29) is 17.8 Å². The Labute approximate surface area is 229 Å². The maximum Gasteiger partial charge on any atom is 0.233 e. The standard InChI is InChI=1S/C27H38N6O6/c1-7-34-19-13-17(14-20(35-8-2)23(19)38-11-5)29-26-31-25(28)32-27(33-26)30-18-15-21(36-9-3)24(39-12-6)22(16-18)37-10-4/h13-16H,7-12H2,1-6H3,(H4,28,29,30,31,32,33). The summed E-state index contributed by atoms with van der Waals surface area (Å²) in [6, 6.07) is 7.16. The fourth-order valence-electron chi connectivity index (χ4n) is 3.68. The van der Waals surface area contributed by atoms with Crippen molar-refractivity contribution in [3.8, 4) is 34.5 Å². The molecule has 0 atom stereocenters. The topological polar surface area (TPSA) is 144 Å². The van der Waals surface area contributed by atoms with E-state index in [9.17, 15) is 0 Å². The van der Waals surface area contributed by atoms with E-state index in [2.05, 4.69) is 25.6 Å². The molecular weight excluding hydrogens is 504 g/mol. The first-order chi connectivity index (χ1) is 19.0. The minimum atomic E-state index is 0.0250. The first-order valence-electron chi connectivity index (χ1n) is 13.1. The zero-order valence-electron chi connectivity index (χ0n) is 23.4. The van der Waals surface area contributed by atoms with E-state index in [1.807, 2.05) is 41.5 Å². The highest BCUT2D eigenvalue weighted by atomic mass is 16.5. The molecule has 1 heterocycles. The molecule has 0 aliphatic heterocycles. The van der Waals surface area contributed by atoms with Crippen LogP contribution in [-0.4, -0.2) is 54.6 Å². The fourth-order valence-corrected chi connectivity index (χ4v) is 3.68. The molecule has 3 rings (SSSR count). The minimum absolute atomic E-state index is 0.0250. The molecule has 1 aromatic heterocycles. The lowest BCUT2D eigenvalue weighted by atomic mass is 10.2. The first kappa shape index (κ1) is 29.2. The van der Waals surface area contributed by atoms with Crippen molar-refractivity contribution in [1.29, 1.82) is 0 Å². The van der Waals surface area contributed by atoms with Crippen molar-refractivity contribution in [2.45, 2.75) is 41.5 Å². The second-order valence-corrected chi connectivity index (χ2v) is 7.79. The summed E-state index contributed by atoms with van der Waals surface area (Å²) in [7, 11) is 0. The lowest BCUT2D eigenvalue weighted by Crippen LogP contribution is -2.08. The molecule has 0 unspecified atom stereocenters. The van der Waals surface area contributed by atoms with Gasteiger partial charge in [-0.3, -0.25) is 0 Å². The van der Waals surface area contributed by atoms with Crippen LogP contribution in [-0.2, 0) is 0 Å². The third-order valence-electron chi connectivity index (χ3n) is 4.98. The van der Waals surface area contributed by atoms with E-state index in [4.69, 9.17) is 34.2 Å². The van der Waals surface area contributed by atoms with Gasteiger partial charge in [-0.05, 0) is 41.5 Å². The average Bonchev–Trinajstić information content (AvgIpc) is 2.88.